The van der Waals surface area contributed by atoms with Crippen molar-refractivity contribution in [2.75, 3.05) is 0 Å². The monoisotopic (exact) mass is 516 g/mol. The molecule has 0 spiro atoms. The first-order valence-electron chi connectivity index (χ1n) is 14.2. The summed E-state index contributed by atoms with van der Waals surface area (Å²) < 4.78 is 6.40. The van der Waals surface area contributed by atoms with E-state index >= 15 is 0 Å². The van der Waals surface area contributed by atoms with Crippen LogP contribution < -0.4 is 21.1 Å². The van der Waals surface area contributed by atoms with Gasteiger partial charge in [0.1, 0.15) is 11.5 Å². The van der Waals surface area contributed by atoms with Gasteiger partial charge in [0.2, 0.25) is 6.71 Å². The second kappa shape index (κ2) is 9.13. The summed E-state index contributed by atoms with van der Waals surface area (Å²) in [6.45, 7) is 13.6. The fraction of sp³-hybridized carbons (Fsp3) is 0.158. The number of hydrogen-bond acceptors (Lipinski definition) is 1. The Bertz CT molecular complexity index is 1890. The number of hydrogen-bond donors (Lipinski definition) is 0. The third-order valence-corrected chi connectivity index (χ3v) is 8.75. The van der Waals surface area contributed by atoms with Crippen molar-refractivity contribution in [3.63, 3.8) is 0 Å². The van der Waals surface area contributed by atoms with Gasteiger partial charge in [0.25, 0.3) is 0 Å². The second-order valence-electron chi connectivity index (χ2n) is 11.7. The summed E-state index contributed by atoms with van der Waals surface area (Å²) in [6, 6.07) is 33.7. The van der Waals surface area contributed by atoms with E-state index in [-0.39, 0.29) is 6.71 Å². The van der Waals surface area contributed by atoms with Crippen LogP contribution in [0.3, 0.4) is 0 Å². The average Bonchev–Trinajstić information content (AvgIpc) is 2.91. The molecule has 0 saturated carbocycles. The summed E-state index contributed by atoms with van der Waals surface area (Å²) in [5.41, 5.74) is 14.6. The minimum atomic E-state index is 0.147. The van der Waals surface area contributed by atoms with Crippen LogP contribution in [0.4, 0.5) is 0 Å². The lowest BCUT2D eigenvalue weighted by atomic mass is 9.34. The Morgan fingerprint density at radius 3 is 1.75 bits per heavy atom. The molecule has 7 rings (SSSR count). The van der Waals surface area contributed by atoms with Crippen molar-refractivity contribution in [1.29, 1.82) is 0 Å². The zero-order valence-corrected chi connectivity index (χ0v) is 24.1. The molecule has 6 aromatic carbocycles. The molecule has 40 heavy (non-hydrogen) atoms. The molecule has 0 saturated heterocycles. The zero-order valence-electron chi connectivity index (χ0n) is 24.1. The smallest absolute Gasteiger partial charge is 0.242 e. The maximum Gasteiger partial charge on any atom is 0.242 e. The van der Waals surface area contributed by atoms with E-state index in [1.165, 1.54) is 76.9 Å². The normalized spacial score (nSPS) is 11.9. The molecule has 0 N–H and O–H groups in total. The van der Waals surface area contributed by atoms with Gasteiger partial charge in [-0.3, -0.25) is 0 Å². The predicted molar refractivity (Wildman–Crippen MR) is 173 cm³/mol. The van der Waals surface area contributed by atoms with Crippen molar-refractivity contribution in [2.45, 2.75) is 41.5 Å². The Balaban J connectivity index is 1.54. The Hall–Kier alpha value is -4.30. The lowest BCUT2D eigenvalue weighted by Gasteiger charge is -2.26. The summed E-state index contributed by atoms with van der Waals surface area (Å²) in [5.74, 6) is 1.86. The van der Waals surface area contributed by atoms with Gasteiger partial charge >= 0.3 is 0 Å². The summed E-state index contributed by atoms with van der Waals surface area (Å²) in [7, 11) is 0. The standard InChI is InChI=1S/C38H33BO/c1-22-16-24(3)37(25(4)17-22)39(38-26(5)18-23(2)19-27(38)6)29-15-14-28-20-33-30-10-7-8-12-34(30)40-35-13-9-11-31(36(33)35)32(28)21-29/h7-21H,1-6H3. The van der Waals surface area contributed by atoms with Gasteiger partial charge in [-0.2, -0.15) is 0 Å². The van der Waals surface area contributed by atoms with Crippen LogP contribution >= 0.6 is 0 Å². The lowest BCUT2D eigenvalue weighted by Crippen LogP contribution is -2.55. The quantitative estimate of drug-likeness (QED) is 0.170. The zero-order chi connectivity index (χ0) is 27.7. The van der Waals surface area contributed by atoms with Gasteiger partial charge in [-0.1, -0.05) is 123 Å². The lowest BCUT2D eigenvalue weighted by molar-refractivity contribution is 0.487. The van der Waals surface area contributed by atoms with Crippen molar-refractivity contribution in [2.24, 2.45) is 0 Å². The molecule has 0 radical (unpaired) electrons. The number of benzene rings is 6. The van der Waals surface area contributed by atoms with Crippen LogP contribution in [0.1, 0.15) is 33.4 Å². The number of para-hydroxylation sites is 1. The van der Waals surface area contributed by atoms with Crippen LogP contribution in [0.5, 0.6) is 11.5 Å². The van der Waals surface area contributed by atoms with Crippen LogP contribution in [-0.4, -0.2) is 6.71 Å². The second-order valence-corrected chi connectivity index (χ2v) is 11.7. The maximum atomic E-state index is 6.40. The minimum absolute atomic E-state index is 0.147. The van der Waals surface area contributed by atoms with Gasteiger partial charge < -0.3 is 4.74 Å². The number of aryl methyl sites for hydroxylation is 6. The van der Waals surface area contributed by atoms with Gasteiger partial charge in [-0.05, 0) is 81.5 Å². The van der Waals surface area contributed by atoms with Crippen molar-refractivity contribution >= 4 is 44.6 Å². The summed E-state index contributed by atoms with van der Waals surface area (Å²) in [6.07, 6.45) is 0. The maximum absolute atomic E-state index is 6.40. The van der Waals surface area contributed by atoms with E-state index < -0.39 is 0 Å². The van der Waals surface area contributed by atoms with Crippen LogP contribution in [0.25, 0.3) is 32.7 Å². The Labute approximate surface area is 237 Å². The molecule has 1 aliphatic rings. The van der Waals surface area contributed by atoms with Crippen molar-refractivity contribution < 1.29 is 4.74 Å². The first kappa shape index (κ1) is 24.7. The molecular weight excluding hydrogens is 483 g/mol. The highest BCUT2D eigenvalue weighted by Crippen LogP contribution is 2.48. The van der Waals surface area contributed by atoms with E-state index in [1.54, 1.807) is 0 Å². The largest absolute Gasteiger partial charge is 0.456 e. The summed E-state index contributed by atoms with van der Waals surface area (Å²) in [4.78, 5) is 0. The molecule has 1 heterocycles. The van der Waals surface area contributed by atoms with E-state index in [1.807, 2.05) is 6.07 Å². The van der Waals surface area contributed by atoms with Crippen molar-refractivity contribution in [3.8, 4) is 22.6 Å². The highest BCUT2D eigenvalue weighted by molar-refractivity contribution is 6.96. The van der Waals surface area contributed by atoms with Crippen LogP contribution in [-0.2, 0) is 0 Å². The molecule has 6 aromatic rings. The van der Waals surface area contributed by atoms with Crippen LogP contribution in [0.15, 0.2) is 91.0 Å². The highest BCUT2D eigenvalue weighted by atomic mass is 16.5. The molecule has 0 aliphatic carbocycles. The molecule has 0 atom stereocenters. The number of ether oxygens (including phenoxy) is 1. The molecule has 0 amide bonds. The number of fused-ring (bicyclic) bond motifs is 4. The topological polar surface area (TPSA) is 9.23 Å². The molecule has 0 fully saturated rings. The minimum Gasteiger partial charge on any atom is -0.456 e. The molecule has 1 nitrogen and oxygen atoms in total. The summed E-state index contributed by atoms with van der Waals surface area (Å²) in [5, 5.41) is 4.98. The Kier molecular flexibility index (Phi) is 5.64. The molecule has 0 unspecified atom stereocenters. The summed E-state index contributed by atoms with van der Waals surface area (Å²) >= 11 is 0. The Morgan fingerprint density at radius 1 is 0.500 bits per heavy atom. The van der Waals surface area contributed by atoms with E-state index in [0.717, 1.165) is 17.1 Å². The van der Waals surface area contributed by atoms with Crippen molar-refractivity contribution in [3.05, 3.63) is 124 Å². The number of rotatable bonds is 3. The van der Waals surface area contributed by atoms with Gasteiger partial charge in [-0.25, -0.2) is 0 Å². The van der Waals surface area contributed by atoms with E-state index in [0.29, 0.717) is 0 Å². The molecule has 2 heteroatoms. The molecule has 0 aromatic heterocycles. The first-order chi connectivity index (χ1) is 19.3. The van der Waals surface area contributed by atoms with Crippen LogP contribution in [0, 0.1) is 41.5 Å². The first-order valence-corrected chi connectivity index (χ1v) is 14.2. The van der Waals surface area contributed by atoms with Gasteiger partial charge in [-0.15, -0.1) is 0 Å². The fourth-order valence-corrected chi connectivity index (χ4v) is 7.34. The average molecular weight is 516 g/mol. The molecular formula is C38H33BO. The third-order valence-electron chi connectivity index (χ3n) is 8.75. The van der Waals surface area contributed by atoms with Gasteiger partial charge in [0.15, 0.2) is 0 Å². The van der Waals surface area contributed by atoms with Gasteiger partial charge in [0, 0.05) is 10.9 Å². The predicted octanol–water partition coefficient (Wildman–Crippen LogP) is 8.13. The van der Waals surface area contributed by atoms with Crippen LogP contribution in [0.2, 0.25) is 0 Å². The van der Waals surface area contributed by atoms with E-state index in [4.69, 9.17) is 4.74 Å². The van der Waals surface area contributed by atoms with Crippen molar-refractivity contribution in [1.82, 2.24) is 0 Å². The molecule has 1 aliphatic heterocycles. The Morgan fingerprint density at radius 2 is 1.10 bits per heavy atom. The SMILES string of the molecule is Cc1cc(C)c(B(c2ccc3cc4c5c(cccc5c3c2)Oc2ccccc2-4)c2c(C)cc(C)cc2C)c(C)c1. The fourth-order valence-electron chi connectivity index (χ4n) is 7.34. The van der Waals surface area contributed by atoms with E-state index in [2.05, 4.69) is 126 Å². The third kappa shape index (κ3) is 3.78. The molecule has 194 valence electrons. The van der Waals surface area contributed by atoms with Gasteiger partial charge in [0.05, 0.1) is 0 Å². The highest BCUT2D eigenvalue weighted by Gasteiger charge is 2.29. The molecule has 0 bridgehead atoms. The van der Waals surface area contributed by atoms with E-state index in [9.17, 15) is 0 Å².